The van der Waals surface area contributed by atoms with Gasteiger partial charge >= 0.3 is 0 Å². The molecule has 0 saturated carbocycles. The molecule has 110 valence electrons. The van der Waals surface area contributed by atoms with Crippen molar-refractivity contribution in [2.24, 2.45) is 5.92 Å². The van der Waals surface area contributed by atoms with Crippen LogP contribution in [-0.4, -0.2) is 58.4 Å². The average Bonchev–Trinajstić information content (AvgIpc) is 2.85. The quantitative estimate of drug-likeness (QED) is 0.876. The number of nitrogens with one attached hydrogen (secondary N) is 1. The minimum Gasteiger partial charge on any atom is -0.346 e. The van der Waals surface area contributed by atoms with Gasteiger partial charge in [-0.05, 0) is 26.3 Å². The van der Waals surface area contributed by atoms with E-state index in [-0.39, 0.29) is 5.92 Å². The Balaban J connectivity index is 1.61. The van der Waals surface area contributed by atoms with Gasteiger partial charge in [-0.15, -0.1) is 0 Å². The van der Waals surface area contributed by atoms with Crippen molar-refractivity contribution < 1.29 is 4.79 Å². The fraction of sp³-hybridized carbons (Fsp3) is 0.733. The van der Waals surface area contributed by atoms with Gasteiger partial charge in [-0.3, -0.25) is 4.79 Å². The van der Waals surface area contributed by atoms with Crippen LogP contribution in [0.5, 0.6) is 0 Å². The van der Waals surface area contributed by atoms with Crippen LogP contribution in [0.4, 0.5) is 0 Å². The van der Waals surface area contributed by atoms with Crippen LogP contribution >= 0.6 is 0 Å². The summed E-state index contributed by atoms with van der Waals surface area (Å²) in [6, 6.07) is 0. The summed E-state index contributed by atoms with van der Waals surface area (Å²) in [5.74, 6) is 1.47. The molecule has 3 rings (SSSR count). The predicted octanol–water partition coefficient (Wildman–Crippen LogP) is 0.987. The van der Waals surface area contributed by atoms with Crippen molar-refractivity contribution in [3.8, 4) is 0 Å². The van der Waals surface area contributed by atoms with Crippen molar-refractivity contribution in [2.45, 2.75) is 33.1 Å². The van der Waals surface area contributed by atoms with Crippen LogP contribution in [0.1, 0.15) is 30.6 Å². The van der Waals surface area contributed by atoms with Crippen molar-refractivity contribution in [3.63, 3.8) is 0 Å². The van der Waals surface area contributed by atoms with E-state index in [0.717, 1.165) is 57.8 Å². The van der Waals surface area contributed by atoms with Crippen LogP contribution in [0.15, 0.2) is 0 Å². The number of aromatic nitrogens is 2. The molecule has 0 bridgehead atoms. The fourth-order valence-electron chi connectivity index (χ4n) is 3.38. The summed E-state index contributed by atoms with van der Waals surface area (Å²) < 4.78 is 0. The summed E-state index contributed by atoms with van der Waals surface area (Å²) in [4.78, 5) is 24.9. The highest BCUT2D eigenvalue weighted by atomic mass is 16.2. The molecule has 5 nitrogen and oxygen atoms in total. The van der Waals surface area contributed by atoms with E-state index in [1.54, 1.807) is 0 Å². The maximum Gasteiger partial charge on any atom is 0.226 e. The van der Waals surface area contributed by atoms with Gasteiger partial charge in [0.05, 0.1) is 5.69 Å². The molecular weight excluding hydrogens is 252 g/mol. The van der Waals surface area contributed by atoms with Gasteiger partial charge < -0.3 is 14.8 Å². The van der Waals surface area contributed by atoms with Crippen LogP contribution in [-0.2, 0) is 17.6 Å². The van der Waals surface area contributed by atoms with E-state index in [0.29, 0.717) is 5.91 Å². The molecule has 2 heterocycles. The molecule has 1 N–H and O–H groups in total. The van der Waals surface area contributed by atoms with Crippen molar-refractivity contribution in [2.75, 3.05) is 32.7 Å². The van der Waals surface area contributed by atoms with E-state index in [4.69, 9.17) is 0 Å². The monoisotopic (exact) mass is 276 g/mol. The molecule has 5 heteroatoms. The predicted molar refractivity (Wildman–Crippen MR) is 77.5 cm³/mol. The molecule has 1 atom stereocenters. The molecule has 0 radical (unpaired) electrons. The van der Waals surface area contributed by atoms with Gasteiger partial charge in [0.1, 0.15) is 5.82 Å². The first-order valence-electron chi connectivity index (χ1n) is 7.73. The molecule has 1 aromatic rings. The first-order chi connectivity index (χ1) is 9.67. The number of hydrogen-bond acceptors (Lipinski definition) is 3. The lowest BCUT2D eigenvalue weighted by Gasteiger charge is -2.36. The Labute approximate surface area is 120 Å². The number of piperazine rings is 1. The molecule has 1 aliphatic heterocycles. The summed E-state index contributed by atoms with van der Waals surface area (Å²) in [5.41, 5.74) is 2.35. The molecule has 20 heavy (non-hydrogen) atoms. The summed E-state index contributed by atoms with van der Waals surface area (Å²) >= 11 is 0. The summed E-state index contributed by atoms with van der Waals surface area (Å²) in [5, 5.41) is 0. The zero-order valence-corrected chi connectivity index (χ0v) is 12.5. The summed E-state index contributed by atoms with van der Waals surface area (Å²) in [6.07, 6.45) is 2.72. The number of H-pyrrole nitrogens is 1. The molecule has 1 unspecified atom stereocenters. The second-order valence-corrected chi connectivity index (χ2v) is 5.95. The number of amides is 1. The molecule has 1 aromatic heterocycles. The van der Waals surface area contributed by atoms with Crippen molar-refractivity contribution in [3.05, 3.63) is 17.2 Å². The smallest absolute Gasteiger partial charge is 0.226 e. The largest absolute Gasteiger partial charge is 0.346 e. The Hall–Kier alpha value is -1.36. The lowest BCUT2D eigenvalue weighted by molar-refractivity contribution is -0.137. The Kier molecular flexibility index (Phi) is 3.78. The van der Waals surface area contributed by atoms with Crippen LogP contribution < -0.4 is 0 Å². The maximum absolute atomic E-state index is 12.6. The first kappa shape index (κ1) is 13.6. The Morgan fingerprint density at radius 3 is 2.80 bits per heavy atom. The van der Waals surface area contributed by atoms with E-state index in [9.17, 15) is 4.79 Å². The highest BCUT2D eigenvalue weighted by Gasteiger charge is 2.31. The van der Waals surface area contributed by atoms with E-state index >= 15 is 0 Å². The van der Waals surface area contributed by atoms with Crippen LogP contribution in [0.2, 0.25) is 0 Å². The van der Waals surface area contributed by atoms with Crippen LogP contribution in [0.3, 0.4) is 0 Å². The number of aryl methyl sites for hydroxylation is 2. The van der Waals surface area contributed by atoms with Gasteiger partial charge in [0.15, 0.2) is 0 Å². The minimum absolute atomic E-state index is 0.149. The third-order valence-electron chi connectivity index (χ3n) is 4.64. The normalized spacial score (nSPS) is 23.7. The van der Waals surface area contributed by atoms with Gasteiger partial charge in [0.2, 0.25) is 5.91 Å². The van der Waals surface area contributed by atoms with Gasteiger partial charge in [0.25, 0.3) is 0 Å². The third-order valence-corrected chi connectivity index (χ3v) is 4.64. The number of carbonyl (C=O) groups is 1. The van der Waals surface area contributed by atoms with Crippen molar-refractivity contribution >= 4 is 5.91 Å². The molecule has 0 aromatic carbocycles. The molecule has 2 aliphatic rings. The minimum atomic E-state index is 0.149. The number of rotatable bonds is 2. The molecule has 1 saturated heterocycles. The van der Waals surface area contributed by atoms with Gasteiger partial charge in [-0.1, -0.05) is 6.92 Å². The van der Waals surface area contributed by atoms with E-state index < -0.39 is 0 Å². The van der Waals surface area contributed by atoms with E-state index in [1.807, 2.05) is 6.92 Å². The van der Waals surface area contributed by atoms with Gasteiger partial charge in [-0.2, -0.15) is 0 Å². The number of nitrogens with zero attached hydrogens (tertiary/aromatic N) is 3. The number of hydrogen-bond donors (Lipinski definition) is 1. The Morgan fingerprint density at radius 2 is 2.10 bits per heavy atom. The molecular formula is C15H24N4O. The SMILES string of the molecule is CCN1CCN(C(=O)C2CCc3nc(C)[nH]c3C2)CC1. The molecule has 0 spiro atoms. The highest BCUT2D eigenvalue weighted by Crippen LogP contribution is 2.25. The second-order valence-electron chi connectivity index (χ2n) is 5.95. The molecule has 1 fully saturated rings. The van der Waals surface area contributed by atoms with Gasteiger partial charge in [0, 0.05) is 44.2 Å². The summed E-state index contributed by atoms with van der Waals surface area (Å²) in [6.45, 7) is 9.06. The number of carbonyl (C=O) groups excluding carboxylic acids is 1. The number of fused-ring (bicyclic) bond motifs is 1. The maximum atomic E-state index is 12.6. The van der Waals surface area contributed by atoms with E-state index in [2.05, 4.69) is 26.7 Å². The lowest BCUT2D eigenvalue weighted by Crippen LogP contribution is -2.50. The standard InChI is InChI=1S/C15H24N4O/c1-3-18-6-8-19(9-7-18)15(20)12-4-5-13-14(10-12)17-11(2)16-13/h12H,3-10H2,1-2H3,(H,16,17). The number of likely N-dealkylation sites (N-methyl/N-ethyl adjacent to an activating group) is 1. The van der Waals surface area contributed by atoms with Gasteiger partial charge in [-0.25, -0.2) is 4.98 Å². The van der Waals surface area contributed by atoms with Crippen molar-refractivity contribution in [1.82, 2.24) is 19.8 Å². The topological polar surface area (TPSA) is 52.2 Å². The fourth-order valence-corrected chi connectivity index (χ4v) is 3.38. The molecule has 1 aliphatic carbocycles. The van der Waals surface area contributed by atoms with Crippen molar-refractivity contribution in [1.29, 1.82) is 0 Å². The lowest BCUT2D eigenvalue weighted by atomic mass is 9.88. The van der Waals surface area contributed by atoms with Crippen LogP contribution in [0, 0.1) is 12.8 Å². The Morgan fingerprint density at radius 1 is 1.35 bits per heavy atom. The summed E-state index contributed by atoms with van der Waals surface area (Å²) in [7, 11) is 0. The zero-order chi connectivity index (χ0) is 14.1. The third kappa shape index (κ3) is 2.59. The number of aromatic amines is 1. The van der Waals surface area contributed by atoms with Crippen LogP contribution in [0.25, 0.3) is 0 Å². The highest BCUT2D eigenvalue weighted by molar-refractivity contribution is 5.79. The zero-order valence-electron chi connectivity index (χ0n) is 12.5. The van der Waals surface area contributed by atoms with E-state index in [1.165, 1.54) is 11.4 Å². The number of imidazole rings is 1. The Bertz CT molecular complexity index is 488. The average molecular weight is 276 g/mol. The molecule has 1 amide bonds. The first-order valence-corrected chi connectivity index (χ1v) is 7.73. The second kappa shape index (κ2) is 5.56.